The summed E-state index contributed by atoms with van der Waals surface area (Å²) in [6.45, 7) is 3.52. The van der Waals surface area contributed by atoms with Gasteiger partial charge in [0.1, 0.15) is 12.6 Å². The van der Waals surface area contributed by atoms with Crippen molar-refractivity contribution in [2.45, 2.75) is 26.3 Å². The number of piperazine rings is 1. The Morgan fingerprint density at radius 2 is 2.26 bits per heavy atom. The van der Waals surface area contributed by atoms with Crippen molar-refractivity contribution in [3.8, 4) is 0 Å². The minimum absolute atomic E-state index is 0.0973. The number of nitrogens with two attached hydrogens (primary N) is 1. The maximum atomic E-state index is 12.4. The number of carbonyl (C=O) groups excluding carboxylic acids is 3. The number of nitrogen functional groups attached to an aromatic ring is 1. The van der Waals surface area contributed by atoms with Crippen LogP contribution in [-0.4, -0.2) is 35.2 Å². The molecule has 2 rings (SSSR count). The molecular formula is C12H15N3O3S. The fourth-order valence-electron chi connectivity index (χ4n) is 2.03. The number of hydrogen-bond acceptors (Lipinski definition) is 5. The van der Waals surface area contributed by atoms with Crippen molar-refractivity contribution in [1.29, 1.82) is 0 Å². The first-order valence-electron chi connectivity index (χ1n) is 5.94. The SMILES string of the molecule is CCC1C(=O)NC(=O)CN1C(=O)c1cc(N)c(C)s1. The van der Waals surface area contributed by atoms with Gasteiger partial charge in [0.2, 0.25) is 11.8 Å². The predicted molar refractivity (Wildman–Crippen MR) is 71.7 cm³/mol. The minimum Gasteiger partial charge on any atom is -0.398 e. The van der Waals surface area contributed by atoms with E-state index in [0.29, 0.717) is 17.0 Å². The fraction of sp³-hybridized carbons (Fsp3) is 0.417. The Kier molecular flexibility index (Phi) is 3.57. The molecule has 1 aromatic heterocycles. The van der Waals surface area contributed by atoms with E-state index in [2.05, 4.69) is 5.32 Å². The third-order valence-corrected chi connectivity index (χ3v) is 4.12. The van der Waals surface area contributed by atoms with E-state index in [4.69, 9.17) is 5.73 Å². The van der Waals surface area contributed by atoms with E-state index in [1.165, 1.54) is 16.2 Å². The molecule has 1 aliphatic heterocycles. The molecule has 3 amide bonds. The summed E-state index contributed by atoms with van der Waals surface area (Å²) in [7, 11) is 0. The number of anilines is 1. The molecule has 2 heterocycles. The standard InChI is InChI=1S/C12H15N3O3S/c1-3-8-11(17)14-10(16)5-15(8)12(18)9-4-7(13)6(2)19-9/h4,8H,3,5,13H2,1-2H3,(H,14,16,17). The van der Waals surface area contributed by atoms with Crippen LogP contribution in [-0.2, 0) is 9.59 Å². The number of thiophene rings is 1. The lowest BCUT2D eigenvalue weighted by Gasteiger charge is -2.33. The zero-order chi connectivity index (χ0) is 14.2. The Bertz CT molecular complexity index is 533. The summed E-state index contributed by atoms with van der Waals surface area (Å²) in [6.07, 6.45) is 0.463. The maximum Gasteiger partial charge on any atom is 0.265 e. The van der Waals surface area contributed by atoms with Gasteiger partial charge in [-0.15, -0.1) is 11.3 Å². The highest BCUT2D eigenvalue weighted by Crippen LogP contribution is 2.26. The Hall–Kier alpha value is -1.89. The Morgan fingerprint density at radius 1 is 1.58 bits per heavy atom. The van der Waals surface area contributed by atoms with Crippen LogP contribution in [0.3, 0.4) is 0 Å². The van der Waals surface area contributed by atoms with Gasteiger partial charge in [-0.25, -0.2) is 0 Å². The molecule has 6 nitrogen and oxygen atoms in total. The van der Waals surface area contributed by atoms with Crippen LogP contribution in [0.15, 0.2) is 6.07 Å². The van der Waals surface area contributed by atoms with E-state index < -0.39 is 17.9 Å². The topological polar surface area (TPSA) is 92.5 Å². The van der Waals surface area contributed by atoms with E-state index in [0.717, 1.165) is 4.88 Å². The van der Waals surface area contributed by atoms with Crippen molar-refractivity contribution in [1.82, 2.24) is 10.2 Å². The quantitative estimate of drug-likeness (QED) is 0.773. The summed E-state index contributed by atoms with van der Waals surface area (Å²) in [5.41, 5.74) is 6.27. The maximum absolute atomic E-state index is 12.4. The number of nitrogens with one attached hydrogen (secondary N) is 1. The first-order chi connectivity index (χ1) is 8.93. The number of amides is 3. The van der Waals surface area contributed by atoms with Gasteiger partial charge in [-0.2, -0.15) is 0 Å². The molecule has 1 saturated heterocycles. The average molecular weight is 281 g/mol. The molecule has 0 bridgehead atoms. The van der Waals surface area contributed by atoms with E-state index in [9.17, 15) is 14.4 Å². The summed E-state index contributed by atoms with van der Waals surface area (Å²) in [5.74, 6) is -1.20. The van der Waals surface area contributed by atoms with Gasteiger partial charge in [-0.1, -0.05) is 6.92 Å². The van der Waals surface area contributed by atoms with Gasteiger partial charge in [0.15, 0.2) is 0 Å². The molecule has 102 valence electrons. The van der Waals surface area contributed by atoms with E-state index in [1.54, 1.807) is 13.0 Å². The number of nitrogens with zero attached hydrogens (tertiary/aromatic N) is 1. The molecular weight excluding hydrogens is 266 g/mol. The predicted octanol–water partition coefficient (Wildman–Crippen LogP) is 0.516. The van der Waals surface area contributed by atoms with Gasteiger partial charge in [-0.3, -0.25) is 19.7 Å². The first kappa shape index (κ1) is 13.5. The summed E-state index contributed by atoms with van der Waals surface area (Å²) in [4.78, 5) is 38.1. The van der Waals surface area contributed by atoms with Gasteiger partial charge in [0, 0.05) is 10.6 Å². The van der Waals surface area contributed by atoms with Gasteiger partial charge in [0.05, 0.1) is 4.88 Å². The van der Waals surface area contributed by atoms with Crippen molar-refractivity contribution < 1.29 is 14.4 Å². The highest BCUT2D eigenvalue weighted by Gasteiger charge is 2.36. The smallest absolute Gasteiger partial charge is 0.265 e. The summed E-state index contributed by atoms with van der Waals surface area (Å²) in [6, 6.07) is 0.986. The molecule has 1 aliphatic rings. The number of imide groups is 1. The number of aryl methyl sites for hydroxylation is 1. The normalized spacial score (nSPS) is 19.5. The van der Waals surface area contributed by atoms with Crippen LogP contribution in [0.25, 0.3) is 0 Å². The van der Waals surface area contributed by atoms with Gasteiger partial charge in [-0.05, 0) is 19.4 Å². The van der Waals surface area contributed by atoms with E-state index in [-0.39, 0.29) is 12.5 Å². The van der Waals surface area contributed by atoms with Crippen LogP contribution in [0.4, 0.5) is 5.69 Å². The lowest BCUT2D eigenvalue weighted by Crippen LogP contribution is -2.59. The molecule has 3 N–H and O–H groups in total. The Balaban J connectivity index is 2.29. The third kappa shape index (κ3) is 2.46. The Labute approximate surface area is 114 Å². The zero-order valence-corrected chi connectivity index (χ0v) is 11.5. The van der Waals surface area contributed by atoms with Gasteiger partial charge < -0.3 is 10.6 Å². The van der Waals surface area contributed by atoms with Crippen LogP contribution in [0, 0.1) is 6.92 Å². The molecule has 1 unspecified atom stereocenters. The zero-order valence-electron chi connectivity index (χ0n) is 10.7. The molecule has 1 atom stereocenters. The Morgan fingerprint density at radius 3 is 2.79 bits per heavy atom. The number of rotatable bonds is 2. The number of hydrogen-bond donors (Lipinski definition) is 2. The average Bonchev–Trinajstić information content (AvgIpc) is 2.68. The van der Waals surface area contributed by atoms with E-state index >= 15 is 0 Å². The van der Waals surface area contributed by atoms with Gasteiger partial charge >= 0.3 is 0 Å². The van der Waals surface area contributed by atoms with Crippen LogP contribution >= 0.6 is 11.3 Å². The fourth-order valence-corrected chi connectivity index (χ4v) is 2.93. The van der Waals surface area contributed by atoms with Gasteiger partial charge in [0.25, 0.3) is 5.91 Å². The molecule has 7 heteroatoms. The summed E-state index contributed by atoms with van der Waals surface area (Å²) >= 11 is 1.27. The van der Waals surface area contributed by atoms with Crippen LogP contribution in [0.2, 0.25) is 0 Å². The second-order valence-corrected chi connectivity index (χ2v) is 5.65. The number of carbonyl (C=O) groups is 3. The summed E-state index contributed by atoms with van der Waals surface area (Å²) < 4.78 is 0. The molecule has 19 heavy (non-hydrogen) atoms. The molecule has 0 saturated carbocycles. The van der Waals surface area contributed by atoms with Crippen LogP contribution in [0.5, 0.6) is 0 Å². The van der Waals surface area contributed by atoms with Crippen LogP contribution in [0.1, 0.15) is 27.9 Å². The second kappa shape index (κ2) is 5.00. The highest BCUT2D eigenvalue weighted by atomic mass is 32.1. The van der Waals surface area contributed by atoms with E-state index in [1.807, 2.05) is 6.92 Å². The largest absolute Gasteiger partial charge is 0.398 e. The minimum atomic E-state index is -0.603. The lowest BCUT2D eigenvalue weighted by molar-refractivity contribution is -0.138. The lowest BCUT2D eigenvalue weighted by atomic mass is 10.1. The highest BCUT2D eigenvalue weighted by molar-refractivity contribution is 7.14. The van der Waals surface area contributed by atoms with Crippen molar-refractivity contribution >= 4 is 34.7 Å². The van der Waals surface area contributed by atoms with Crippen LogP contribution < -0.4 is 11.1 Å². The molecule has 0 spiro atoms. The summed E-state index contributed by atoms with van der Waals surface area (Å²) in [5, 5.41) is 2.24. The van der Waals surface area contributed by atoms with Crippen molar-refractivity contribution in [2.24, 2.45) is 0 Å². The molecule has 0 aliphatic carbocycles. The first-order valence-corrected chi connectivity index (χ1v) is 6.76. The monoisotopic (exact) mass is 281 g/mol. The third-order valence-electron chi connectivity index (χ3n) is 3.07. The molecule has 0 radical (unpaired) electrons. The van der Waals surface area contributed by atoms with Crippen molar-refractivity contribution in [3.05, 3.63) is 15.8 Å². The molecule has 1 fully saturated rings. The van der Waals surface area contributed by atoms with Crippen molar-refractivity contribution in [3.63, 3.8) is 0 Å². The van der Waals surface area contributed by atoms with Crippen molar-refractivity contribution in [2.75, 3.05) is 12.3 Å². The second-order valence-electron chi connectivity index (χ2n) is 4.39. The molecule has 0 aromatic carbocycles. The molecule has 1 aromatic rings.